The summed E-state index contributed by atoms with van der Waals surface area (Å²) >= 11 is 1.86. The van der Waals surface area contributed by atoms with Gasteiger partial charge in [-0.25, -0.2) is 0 Å². The van der Waals surface area contributed by atoms with Crippen LogP contribution in [0.25, 0.3) is 86.3 Å². The molecular weight excluding hydrogens is 687 g/mol. The molecule has 0 saturated carbocycles. The number of hydrogen-bond acceptors (Lipinski definition) is 3. The van der Waals surface area contributed by atoms with E-state index in [1.54, 1.807) is 0 Å². The van der Waals surface area contributed by atoms with Gasteiger partial charge in [-0.1, -0.05) is 127 Å². The number of furan rings is 1. The zero-order valence-corrected chi connectivity index (χ0v) is 30.6. The minimum absolute atomic E-state index is 0.904. The van der Waals surface area contributed by atoms with Crippen molar-refractivity contribution in [3.63, 3.8) is 0 Å². The van der Waals surface area contributed by atoms with Gasteiger partial charge in [-0.3, -0.25) is 0 Å². The third-order valence-electron chi connectivity index (χ3n) is 10.9. The summed E-state index contributed by atoms with van der Waals surface area (Å²) in [5, 5.41) is 7.41. The average molecular weight is 720 g/mol. The Balaban J connectivity index is 1.01. The lowest BCUT2D eigenvalue weighted by atomic mass is 9.98. The van der Waals surface area contributed by atoms with Crippen molar-refractivity contribution < 1.29 is 4.42 Å². The van der Waals surface area contributed by atoms with E-state index in [1.165, 1.54) is 53.2 Å². The molecule has 3 heteroatoms. The van der Waals surface area contributed by atoms with Crippen LogP contribution in [0.2, 0.25) is 0 Å². The molecule has 0 unspecified atom stereocenters. The predicted molar refractivity (Wildman–Crippen MR) is 235 cm³/mol. The van der Waals surface area contributed by atoms with Crippen molar-refractivity contribution in [3.05, 3.63) is 200 Å². The van der Waals surface area contributed by atoms with Crippen LogP contribution in [0.1, 0.15) is 0 Å². The Morgan fingerprint density at radius 1 is 0.345 bits per heavy atom. The lowest BCUT2D eigenvalue weighted by Crippen LogP contribution is -2.10. The second-order valence-corrected chi connectivity index (χ2v) is 15.2. The van der Waals surface area contributed by atoms with Gasteiger partial charge in [0, 0.05) is 48.0 Å². The molecule has 0 saturated heterocycles. The van der Waals surface area contributed by atoms with Crippen LogP contribution >= 0.6 is 11.3 Å². The van der Waals surface area contributed by atoms with Crippen molar-refractivity contribution in [3.8, 4) is 33.4 Å². The van der Waals surface area contributed by atoms with Gasteiger partial charge < -0.3 is 9.32 Å². The van der Waals surface area contributed by atoms with Gasteiger partial charge in [-0.05, 0) is 117 Å². The molecule has 2 nitrogen and oxygen atoms in total. The third kappa shape index (κ3) is 5.48. The first-order valence-electron chi connectivity index (χ1n) is 18.7. The Morgan fingerprint density at radius 2 is 0.964 bits per heavy atom. The van der Waals surface area contributed by atoms with Gasteiger partial charge in [0.2, 0.25) is 0 Å². The van der Waals surface area contributed by atoms with Crippen LogP contribution < -0.4 is 4.90 Å². The van der Waals surface area contributed by atoms with Crippen LogP contribution in [-0.4, -0.2) is 0 Å². The highest BCUT2D eigenvalue weighted by molar-refractivity contribution is 7.25. The predicted octanol–water partition coefficient (Wildman–Crippen LogP) is 15.6. The Kier molecular flexibility index (Phi) is 7.39. The molecule has 11 rings (SSSR count). The lowest BCUT2D eigenvalue weighted by molar-refractivity contribution is 0.669. The van der Waals surface area contributed by atoms with Crippen LogP contribution in [0.5, 0.6) is 0 Å². The van der Waals surface area contributed by atoms with E-state index in [-0.39, 0.29) is 0 Å². The molecule has 9 aromatic carbocycles. The third-order valence-corrected chi connectivity index (χ3v) is 12.0. The van der Waals surface area contributed by atoms with E-state index in [4.69, 9.17) is 4.42 Å². The standard InChI is InChI=1S/C52H33NOS/c1-2-10-37-31-38(20-19-34(37)9-1)35-21-26-41(27-22-35)53(42-28-23-36(24-29-42)39-25-30-46-45-13-3-5-16-48(45)54-49(46)33-39)43-12-7-11-40(32-43)44-15-8-18-51-52(44)47-14-4-6-17-50(47)55-51/h1-33H. The topological polar surface area (TPSA) is 16.4 Å². The van der Waals surface area contributed by atoms with Crippen molar-refractivity contribution in [1.29, 1.82) is 0 Å². The number of hydrogen-bond donors (Lipinski definition) is 0. The van der Waals surface area contributed by atoms with Crippen LogP contribution in [0, 0.1) is 0 Å². The van der Waals surface area contributed by atoms with E-state index < -0.39 is 0 Å². The molecule has 258 valence electrons. The molecule has 55 heavy (non-hydrogen) atoms. The van der Waals surface area contributed by atoms with E-state index in [1.807, 2.05) is 23.5 Å². The van der Waals surface area contributed by atoms with E-state index >= 15 is 0 Å². The molecule has 0 radical (unpaired) electrons. The van der Waals surface area contributed by atoms with Crippen LogP contribution in [0.4, 0.5) is 17.1 Å². The average Bonchev–Trinajstić information content (AvgIpc) is 3.82. The van der Waals surface area contributed by atoms with Crippen molar-refractivity contribution in [2.45, 2.75) is 0 Å². The van der Waals surface area contributed by atoms with Gasteiger partial charge >= 0.3 is 0 Å². The molecule has 0 aliphatic carbocycles. The molecule has 0 aliphatic rings. The molecule has 0 atom stereocenters. The fourth-order valence-corrected chi connectivity index (χ4v) is 9.29. The maximum atomic E-state index is 6.24. The Hall–Kier alpha value is -6.94. The number of nitrogens with zero attached hydrogens (tertiary/aromatic N) is 1. The Morgan fingerprint density at radius 3 is 1.78 bits per heavy atom. The van der Waals surface area contributed by atoms with Gasteiger partial charge in [0.1, 0.15) is 11.2 Å². The highest BCUT2D eigenvalue weighted by Crippen LogP contribution is 2.43. The highest BCUT2D eigenvalue weighted by Gasteiger charge is 2.17. The minimum atomic E-state index is 0.904. The Labute approximate surface area is 322 Å². The summed E-state index contributed by atoms with van der Waals surface area (Å²) in [6.45, 7) is 0. The minimum Gasteiger partial charge on any atom is -0.456 e. The molecule has 0 bridgehead atoms. The van der Waals surface area contributed by atoms with Crippen LogP contribution in [0.15, 0.2) is 205 Å². The second-order valence-electron chi connectivity index (χ2n) is 14.1. The number of anilines is 3. The van der Waals surface area contributed by atoms with Crippen molar-refractivity contribution in [2.75, 3.05) is 4.90 Å². The van der Waals surface area contributed by atoms with E-state index in [9.17, 15) is 0 Å². The van der Waals surface area contributed by atoms with Crippen molar-refractivity contribution >= 4 is 81.3 Å². The molecule has 0 aliphatic heterocycles. The van der Waals surface area contributed by atoms with E-state index in [2.05, 4.69) is 193 Å². The molecule has 0 amide bonds. The second kappa shape index (κ2) is 12.9. The summed E-state index contributed by atoms with van der Waals surface area (Å²) < 4.78 is 8.86. The summed E-state index contributed by atoms with van der Waals surface area (Å²) in [5.41, 5.74) is 12.2. The summed E-state index contributed by atoms with van der Waals surface area (Å²) in [4.78, 5) is 2.37. The van der Waals surface area contributed by atoms with Gasteiger partial charge in [-0.2, -0.15) is 0 Å². The largest absolute Gasteiger partial charge is 0.456 e. The maximum Gasteiger partial charge on any atom is 0.136 e. The number of fused-ring (bicyclic) bond motifs is 7. The lowest BCUT2D eigenvalue weighted by Gasteiger charge is -2.26. The summed E-state index contributed by atoms with van der Waals surface area (Å²) in [6.07, 6.45) is 0. The van der Waals surface area contributed by atoms with Gasteiger partial charge in [0.25, 0.3) is 0 Å². The zero-order valence-electron chi connectivity index (χ0n) is 29.8. The SMILES string of the molecule is c1cc(-c2cccc3sc4ccccc4c23)cc(N(c2ccc(-c3ccc4ccccc4c3)cc2)c2ccc(-c3ccc4c(c3)oc3ccccc34)cc2)c1. The summed E-state index contributed by atoms with van der Waals surface area (Å²) in [7, 11) is 0. The van der Waals surface area contributed by atoms with E-state index in [0.717, 1.165) is 50.1 Å². The monoisotopic (exact) mass is 719 g/mol. The number of benzene rings is 9. The maximum absolute atomic E-state index is 6.24. The number of thiophene rings is 1. The first-order valence-corrected chi connectivity index (χ1v) is 19.5. The molecule has 2 heterocycles. The summed E-state index contributed by atoms with van der Waals surface area (Å²) in [5.74, 6) is 0. The number of para-hydroxylation sites is 1. The van der Waals surface area contributed by atoms with Gasteiger partial charge in [-0.15, -0.1) is 11.3 Å². The fourth-order valence-electron chi connectivity index (χ4n) is 8.16. The van der Waals surface area contributed by atoms with Crippen LogP contribution in [-0.2, 0) is 0 Å². The normalized spacial score (nSPS) is 11.6. The molecular formula is C52H33NOS. The van der Waals surface area contributed by atoms with Gasteiger partial charge in [0.05, 0.1) is 0 Å². The van der Waals surface area contributed by atoms with Gasteiger partial charge in [0.15, 0.2) is 0 Å². The van der Waals surface area contributed by atoms with Crippen LogP contribution in [0.3, 0.4) is 0 Å². The molecule has 0 spiro atoms. The first kappa shape index (κ1) is 31.6. The quantitative estimate of drug-likeness (QED) is 0.170. The van der Waals surface area contributed by atoms with Crippen molar-refractivity contribution in [2.24, 2.45) is 0 Å². The van der Waals surface area contributed by atoms with Crippen molar-refractivity contribution in [1.82, 2.24) is 0 Å². The molecule has 11 aromatic rings. The Bertz CT molecular complexity index is 3210. The molecule has 0 fully saturated rings. The zero-order chi connectivity index (χ0) is 36.3. The molecule has 2 aromatic heterocycles. The smallest absolute Gasteiger partial charge is 0.136 e. The summed E-state index contributed by atoms with van der Waals surface area (Å²) in [6, 6.07) is 72.3. The van der Waals surface area contributed by atoms with E-state index in [0.29, 0.717) is 0 Å². The fraction of sp³-hybridized carbons (Fsp3) is 0. The molecule has 0 N–H and O–H groups in total. The highest BCUT2D eigenvalue weighted by atomic mass is 32.1. The number of rotatable bonds is 6. The first-order chi connectivity index (χ1) is 27.2.